The van der Waals surface area contributed by atoms with Crippen LogP contribution >= 0.6 is 0 Å². The molecule has 0 saturated heterocycles. The normalized spacial score (nSPS) is 11.2. The van der Waals surface area contributed by atoms with Crippen LogP contribution in [-0.2, 0) is 0 Å². The Labute approximate surface area is 202 Å². The Morgan fingerprint density at radius 2 is 1.24 bits per heavy atom. The number of nitrogens with one attached hydrogen (secondary N) is 1. The molecule has 0 bridgehead atoms. The van der Waals surface area contributed by atoms with Gasteiger partial charge in [-0.3, -0.25) is 4.79 Å². The van der Waals surface area contributed by atoms with Crippen LogP contribution < -0.4 is 5.32 Å². The molecule has 184 valence electrons. The van der Waals surface area contributed by atoms with E-state index in [1.165, 1.54) is 89.9 Å². The average molecular weight is 454 g/mol. The molecule has 0 unspecified atom stereocenters. The molecule has 0 radical (unpaired) electrons. The molecular weight excluding hydrogens is 406 g/mol. The van der Waals surface area contributed by atoms with Crippen LogP contribution in [0.2, 0.25) is 0 Å². The fourth-order valence-corrected chi connectivity index (χ4v) is 4.64. The molecule has 0 heterocycles. The van der Waals surface area contributed by atoms with Crippen molar-refractivity contribution in [3.63, 3.8) is 0 Å². The van der Waals surface area contributed by atoms with Gasteiger partial charge in [-0.05, 0) is 30.2 Å². The smallest absolute Gasteiger partial charge is 0.255 e. The van der Waals surface area contributed by atoms with Gasteiger partial charge in [0.25, 0.3) is 5.91 Å². The maximum absolute atomic E-state index is 12.7. The first-order valence-corrected chi connectivity index (χ1v) is 13.6. The van der Waals surface area contributed by atoms with Gasteiger partial charge in [0.2, 0.25) is 0 Å². The lowest BCUT2D eigenvalue weighted by Crippen LogP contribution is -2.24. The standard InChI is InChI=1S/C30H47NO2/c1-3-4-5-6-7-8-9-10-11-12-13-14-15-16-17-18-23-31-30(33)29-27-21-19-25(2)24-26(27)20-22-28(29)32/h19-22,24,32H,3-18,23H2,1-2H3,(H,31,33). The highest BCUT2D eigenvalue weighted by Gasteiger charge is 2.14. The lowest BCUT2D eigenvalue weighted by atomic mass is 10.0. The van der Waals surface area contributed by atoms with E-state index in [0.717, 1.165) is 29.2 Å². The van der Waals surface area contributed by atoms with E-state index in [2.05, 4.69) is 12.2 Å². The summed E-state index contributed by atoms with van der Waals surface area (Å²) in [5.41, 5.74) is 1.54. The Bertz CT molecular complexity index is 814. The molecule has 0 aromatic heterocycles. The fourth-order valence-electron chi connectivity index (χ4n) is 4.64. The number of aryl methyl sites for hydroxylation is 1. The molecule has 1 amide bonds. The van der Waals surface area contributed by atoms with E-state index in [-0.39, 0.29) is 11.7 Å². The number of carbonyl (C=O) groups excluding carboxylic acids is 1. The zero-order valence-electron chi connectivity index (χ0n) is 21.3. The molecule has 2 rings (SSSR count). The lowest BCUT2D eigenvalue weighted by Gasteiger charge is -2.10. The number of phenols is 1. The first kappa shape index (κ1) is 27.2. The molecule has 2 aromatic carbocycles. The van der Waals surface area contributed by atoms with Crippen molar-refractivity contribution in [3.8, 4) is 5.75 Å². The van der Waals surface area contributed by atoms with Crippen LogP contribution in [0.15, 0.2) is 30.3 Å². The highest BCUT2D eigenvalue weighted by Crippen LogP contribution is 2.27. The molecule has 3 heteroatoms. The molecule has 0 spiro atoms. The molecule has 0 aliphatic carbocycles. The molecule has 0 fully saturated rings. The third-order valence-electron chi connectivity index (χ3n) is 6.70. The summed E-state index contributed by atoms with van der Waals surface area (Å²) >= 11 is 0. The Kier molecular flexibility index (Phi) is 13.7. The third-order valence-corrected chi connectivity index (χ3v) is 6.70. The molecular formula is C30H47NO2. The second kappa shape index (κ2) is 16.6. The summed E-state index contributed by atoms with van der Waals surface area (Å²) in [6.07, 6.45) is 21.5. The summed E-state index contributed by atoms with van der Waals surface area (Å²) in [6.45, 7) is 4.98. The molecule has 0 saturated carbocycles. The van der Waals surface area contributed by atoms with Crippen molar-refractivity contribution in [2.75, 3.05) is 6.54 Å². The van der Waals surface area contributed by atoms with E-state index in [1.54, 1.807) is 6.07 Å². The maximum Gasteiger partial charge on any atom is 0.255 e. The molecule has 0 aliphatic rings. The summed E-state index contributed by atoms with van der Waals surface area (Å²) in [4.78, 5) is 12.7. The minimum Gasteiger partial charge on any atom is -0.507 e. The number of aromatic hydroxyl groups is 1. The van der Waals surface area contributed by atoms with Crippen LogP contribution in [0.1, 0.15) is 126 Å². The van der Waals surface area contributed by atoms with Crippen molar-refractivity contribution in [3.05, 3.63) is 41.5 Å². The van der Waals surface area contributed by atoms with Crippen molar-refractivity contribution < 1.29 is 9.90 Å². The van der Waals surface area contributed by atoms with Crippen LogP contribution in [0.3, 0.4) is 0 Å². The summed E-state index contributed by atoms with van der Waals surface area (Å²) < 4.78 is 0. The van der Waals surface area contributed by atoms with Crippen molar-refractivity contribution in [2.45, 2.75) is 117 Å². The number of carbonyl (C=O) groups is 1. The van der Waals surface area contributed by atoms with Gasteiger partial charge in [0.1, 0.15) is 5.75 Å². The van der Waals surface area contributed by atoms with Crippen LogP contribution in [0.4, 0.5) is 0 Å². The molecule has 2 N–H and O–H groups in total. The van der Waals surface area contributed by atoms with Crippen LogP contribution in [0.5, 0.6) is 5.75 Å². The number of benzene rings is 2. The number of rotatable bonds is 18. The van der Waals surface area contributed by atoms with Gasteiger partial charge in [0.15, 0.2) is 0 Å². The van der Waals surface area contributed by atoms with Gasteiger partial charge in [-0.25, -0.2) is 0 Å². The number of hydrogen-bond acceptors (Lipinski definition) is 2. The van der Waals surface area contributed by atoms with E-state index in [0.29, 0.717) is 12.1 Å². The number of phenolic OH excluding ortho intramolecular Hbond substituents is 1. The van der Waals surface area contributed by atoms with E-state index >= 15 is 0 Å². The fraction of sp³-hybridized carbons (Fsp3) is 0.633. The summed E-state index contributed by atoms with van der Waals surface area (Å²) in [7, 11) is 0. The highest BCUT2D eigenvalue weighted by molar-refractivity contribution is 6.09. The van der Waals surface area contributed by atoms with Crippen molar-refractivity contribution in [1.29, 1.82) is 0 Å². The molecule has 0 atom stereocenters. The quantitative estimate of drug-likeness (QED) is 0.221. The average Bonchev–Trinajstić information content (AvgIpc) is 2.81. The van der Waals surface area contributed by atoms with E-state index < -0.39 is 0 Å². The van der Waals surface area contributed by atoms with Crippen molar-refractivity contribution >= 4 is 16.7 Å². The predicted molar refractivity (Wildman–Crippen MR) is 142 cm³/mol. The van der Waals surface area contributed by atoms with Gasteiger partial charge in [-0.1, -0.05) is 133 Å². The number of unbranched alkanes of at least 4 members (excludes halogenated alkanes) is 15. The summed E-state index contributed by atoms with van der Waals surface area (Å²) in [5, 5.41) is 15.0. The third kappa shape index (κ3) is 10.6. The van der Waals surface area contributed by atoms with Gasteiger partial charge in [0.05, 0.1) is 5.56 Å². The molecule has 2 aromatic rings. The number of fused-ring (bicyclic) bond motifs is 1. The Morgan fingerprint density at radius 3 is 1.79 bits per heavy atom. The van der Waals surface area contributed by atoms with Gasteiger partial charge >= 0.3 is 0 Å². The van der Waals surface area contributed by atoms with E-state index in [4.69, 9.17) is 0 Å². The van der Waals surface area contributed by atoms with Crippen LogP contribution in [0.25, 0.3) is 10.8 Å². The second-order valence-electron chi connectivity index (χ2n) is 9.74. The van der Waals surface area contributed by atoms with Gasteiger partial charge < -0.3 is 10.4 Å². The lowest BCUT2D eigenvalue weighted by molar-refractivity contribution is 0.0952. The summed E-state index contributed by atoms with van der Waals surface area (Å²) in [6, 6.07) is 9.43. The van der Waals surface area contributed by atoms with Gasteiger partial charge in [-0.2, -0.15) is 0 Å². The molecule has 33 heavy (non-hydrogen) atoms. The number of amides is 1. The minimum absolute atomic E-state index is 0.0517. The Balaban J connectivity index is 1.46. The zero-order chi connectivity index (χ0) is 23.7. The van der Waals surface area contributed by atoms with E-state index in [1.807, 2.05) is 31.2 Å². The minimum atomic E-state index is -0.178. The monoisotopic (exact) mass is 453 g/mol. The Morgan fingerprint density at radius 1 is 0.727 bits per heavy atom. The maximum atomic E-state index is 12.7. The topological polar surface area (TPSA) is 49.3 Å². The molecule has 3 nitrogen and oxygen atoms in total. The van der Waals surface area contributed by atoms with Crippen molar-refractivity contribution in [1.82, 2.24) is 5.32 Å². The summed E-state index contributed by atoms with van der Waals surface area (Å²) in [5.74, 6) is -0.126. The molecule has 0 aliphatic heterocycles. The first-order valence-electron chi connectivity index (χ1n) is 13.6. The number of hydrogen-bond donors (Lipinski definition) is 2. The van der Waals surface area contributed by atoms with Gasteiger partial charge in [-0.15, -0.1) is 0 Å². The van der Waals surface area contributed by atoms with E-state index in [9.17, 15) is 9.90 Å². The van der Waals surface area contributed by atoms with Crippen LogP contribution in [0, 0.1) is 6.92 Å². The van der Waals surface area contributed by atoms with Gasteiger partial charge in [0, 0.05) is 6.54 Å². The Hall–Kier alpha value is -2.03. The SMILES string of the molecule is CCCCCCCCCCCCCCCCCCNC(=O)c1c(O)ccc2cc(C)ccc12. The predicted octanol–water partition coefficient (Wildman–Crippen LogP) is 8.85. The largest absolute Gasteiger partial charge is 0.507 e. The zero-order valence-corrected chi connectivity index (χ0v) is 21.3. The first-order chi connectivity index (χ1) is 16.1. The second-order valence-corrected chi connectivity index (χ2v) is 9.74. The highest BCUT2D eigenvalue weighted by atomic mass is 16.3. The van der Waals surface area contributed by atoms with Crippen molar-refractivity contribution in [2.24, 2.45) is 0 Å². The van der Waals surface area contributed by atoms with Crippen LogP contribution in [-0.4, -0.2) is 17.6 Å².